The molecule has 0 unspecified atom stereocenters. The smallest absolute Gasteiger partial charge is 0.243 e. The lowest BCUT2D eigenvalue weighted by molar-refractivity contribution is -0.117. The Kier molecular flexibility index (Phi) is 3.99. The summed E-state index contributed by atoms with van der Waals surface area (Å²) in [4.78, 5) is 19.3. The van der Waals surface area contributed by atoms with Crippen LogP contribution in [0.4, 0.5) is 5.95 Å². The normalized spacial score (nSPS) is 12.3. The average Bonchev–Trinajstić information content (AvgIpc) is 2.14. The Bertz CT molecular complexity index is 349. The molecule has 1 aromatic rings. The lowest BCUT2D eigenvalue weighted by Crippen LogP contribution is -2.35. The number of nitrogens with one attached hydrogen (secondary N) is 1. The van der Waals surface area contributed by atoms with Crippen LogP contribution in [0.1, 0.15) is 19.0 Å². The second-order valence-corrected chi connectivity index (χ2v) is 3.55. The molecule has 0 aliphatic rings. The molecule has 3 N–H and O–H groups in total. The SMILES string of the molecule is CC[C@H](N)C(=O)Nc1nc(C)cc(Cl)n1. The fraction of sp³-hybridized carbons (Fsp3) is 0.444. The van der Waals surface area contributed by atoms with Gasteiger partial charge in [0.05, 0.1) is 6.04 Å². The van der Waals surface area contributed by atoms with E-state index in [0.717, 1.165) is 0 Å². The summed E-state index contributed by atoms with van der Waals surface area (Å²) in [5, 5.41) is 2.80. The molecule has 0 spiro atoms. The van der Waals surface area contributed by atoms with Gasteiger partial charge in [-0.25, -0.2) is 9.97 Å². The van der Waals surface area contributed by atoms with Gasteiger partial charge < -0.3 is 5.73 Å². The van der Waals surface area contributed by atoms with Gasteiger partial charge in [-0.1, -0.05) is 18.5 Å². The molecule has 82 valence electrons. The number of carbonyl (C=O) groups excluding carboxylic acids is 1. The molecular formula is C9H13ClN4O. The van der Waals surface area contributed by atoms with Gasteiger partial charge in [-0.2, -0.15) is 0 Å². The number of nitrogens with zero attached hydrogens (tertiary/aromatic N) is 2. The minimum absolute atomic E-state index is 0.189. The number of aromatic nitrogens is 2. The van der Waals surface area contributed by atoms with E-state index in [1.54, 1.807) is 13.0 Å². The van der Waals surface area contributed by atoms with Gasteiger partial charge in [0.2, 0.25) is 11.9 Å². The number of nitrogens with two attached hydrogens (primary N) is 1. The highest BCUT2D eigenvalue weighted by atomic mass is 35.5. The summed E-state index contributed by atoms with van der Waals surface area (Å²) in [5.41, 5.74) is 6.23. The first-order chi connectivity index (χ1) is 7.02. The van der Waals surface area contributed by atoms with Crippen molar-refractivity contribution < 1.29 is 4.79 Å². The highest BCUT2D eigenvalue weighted by Crippen LogP contribution is 2.09. The zero-order valence-corrected chi connectivity index (χ0v) is 9.38. The number of hydrogen-bond donors (Lipinski definition) is 2. The fourth-order valence-corrected chi connectivity index (χ4v) is 1.21. The third-order valence-corrected chi connectivity index (χ3v) is 2.03. The van der Waals surface area contributed by atoms with Crippen LogP contribution in [0.15, 0.2) is 6.07 Å². The minimum Gasteiger partial charge on any atom is -0.320 e. The van der Waals surface area contributed by atoms with Gasteiger partial charge in [0.25, 0.3) is 0 Å². The van der Waals surface area contributed by atoms with E-state index in [1.807, 2.05) is 6.92 Å². The van der Waals surface area contributed by atoms with Crippen LogP contribution in [0.3, 0.4) is 0 Å². The van der Waals surface area contributed by atoms with E-state index in [4.69, 9.17) is 17.3 Å². The number of aryl methyl sites for hydroxylation is 1. The molecule has 0 bridgehead atoms. The van der Waals surface area contributed by atoms with Crippen LogP contribution in [0.5, 0.6) is 0 Å². The van der Waals surface area contributed by atoms with Crippen LogP contribution in [0, 0.1) is 6.92 Å². The number of carbonyl (C=O) groups is 1. The van der Waals surface area contributed by atoms with E-state index in [9.17, 15) is 4.79 Å². The van der Waals surface area contributed by atoms with E-state index < -0.39 is 6.04 Å². The summed E-state index contributed by atoms with van der Waals surface area (Å²) in [5.74, 6) is -0.118. The summed E-state index contributed by atoms with van der Waals surface area (Å²) in [7, 11) is 0. The minimum atomic E-state index is -0.548. The summed E-state index contributed by atoms with van der Waals surface area (Å²) < 4.78 is 0. The van der Waals surface area contributed by atoms with Crippen molar-refractivity contribution in [3.63, 3.8) is 0 Å². The maximum Gasteiger partial charge on any atom is 0.243 e. The first-order valence-corrected chi connectivity index (χ1v) is 4.98. The Labute approximate surface area is 93.0 Å². The van der Waals surface area contributed by atoms with Crippen LogP contribution in [0.25, 0.3) is 0 Å². The molecule has 1 aromatic heterocycles. The standard InChI is InChI=1S/C9H13ClN4O/c1-3-6(11)8(15)14-9-12-5(2)4-7(10)13-9/h4,6H,3,11H2,1-2H3,(H,12,13,14,15)/t6-/m0/s1. The van der Waals surface area contributed by atoms with Crippen LogP contribution < -0.4 is 11.1 Å². The van der Waals surface area contributed by atoms with Gasteiger partial charge in [0.15, 0.2) is 0 Å². The molecule has 0 fully saturated rings. The van der Waals surface area contributed by atoms with Crippen molar-refractivity contribution in [3.8, 4) is 0 Å². The molecular weight excluding hydrogens is 216 g/mol. The molecule has 0 saturated heterocycles. The van der Waals surface area contributed by atoms with Crippen molar-refractivity contribution in [2.75, 3.05) is 5.32 Å². The first kappa shape index (κ1) is 11.9. The molecule has 0 saturated carbocycles. The monoisotopic (exact) mass is 228 g/mol. The maximum atomic E-state index is 11.4. The van der Waals surface area contributed by atoms with Gasteiger partial charge >= 0.3 is 0 Å². The quantitative estimate of drug-likeness (QED) is 0.760. The van der Waals surface area contributed by atoms with E-state index in [-0.39, 0.29) is 11.9 Å². The van der Waals surface area contributed by atoms with Crippen molar-refractivity contribution >= 4 is 23.5 Å². The van der Waals surface area contributed by atoms with Gasteiger partial charge in [-0.15, -0.1) is 0 Å². The summed E-state index contributed by atoms with van der Waals surface area (Å²) >= 11 is 5.71. The predicted octanol–water partition coefficient (Wildman–Crippen LogP) is 1.11. The molecule has 15 heavy (non-hydrogen) atoms. The Morgan fingerprint density at radius 2 is 2.33 bits per heavy atom. The third-order valence-electron chi connectivity index (χ3n) is 1.83. The Morgan fingerprint density at radius 3 is 2.87 bits per heavy atom. The predicted molar refractivity (Wildman–Crippen MR) is 58.7 cm³/mol. The topological polar surface area (TPSA) is 80.9 Å². The molecule has 0 radical (unpaired) electrons. The highest BCUT2D eigenvalue weighted by Gasteiger charge is 2.12. The number of rotatable bonds is 3. The Hall–Kier alpha value is -1.20. The molecule has 0 aromatic carbocycles. The highest BCUT2D eigenvalue weighted by molar-refractivity contribution is 6.29. The Morgan fingerprint density at radius 1 is 1.67 bits per heavy atom. The largest absolute Gasteiger partial charge is 0.320 e. The molecule has 6 heteroatoms. The second-order valence-electron chi connectivity index (χ2n) is 3.16. The summed E-state index contributed by atoms with van der Waals surface area (Å²) in [6.45, 7) is 3.59. The molecule has 1 amide bonds. The third kappa shape index (κ3) is 3.45. The zero-order chi connectivity index (χ0) is 11.4. The fourth-order valence-electron chi connectivity index (χ4n) is 0.974. The summed E-state index contributed by atoms with van der Waals surface area (Å²) in [6.07, 6.45) is 0.561. The van der Waals surface area contributed by atoms with E-state index in [2.05, 4.69) is 15.3 Å². The zero-order valence-electron chi connectivity index (χ0n) is 8.62. The molecule has 5 nitrogen and oxygen atoms in total. The number of amides is 1. The molecule has 1 rings (SSSR count). The number of anilines is 1. The van der Waals surface area contributed by atoms with E-state index in [1.165, 1.54) is 0 Å². The number of hydrogen-bond acceptors (Lipinski definition) is 4. The molecule has 0 aliphatic heterocycles. The Balaban J connectivity index is 2.76. The van der Waals surface area contributed by atoms with Crippen LogP contribution >= 0.6 is 11.6 Å². The van der Waals surface area contributed by atoms with Crippen molar-refractivity contribution in [1.29, 1.82) is 0 Å². The van der Waals surface area contributed by atoms with Crippen LogP contribution in [-0.4, -0.2) is 21.9 Å². The van der Waals surface area contributed by atoms with Crippen molar-refractivity contribution in [3.05, 3.63) is 16.9 Å². The lowest BCUT2D eigenvalue weighted by atomic mass is 10.2. The van der Waals surface area contributed by atoms with Crippen LogP contribution in [0.2, 0.25) is 5.15 Å². The van der Waals surface area contributed by atoms with E-state index >= 15 is 0 Å². The first-order valence-electron chi connectivity index (χ1n) is 4.60. The van der Waals surface area contributed by atoms with E-state index in [0.29, 0.717) is 17.3 Å². The summed E-state index contributed by atoms with van der Waals surface area (Å²) in [6, 6.07) is 1.06. The molecule has 1 atom stereocenters. The van der Waals surface area contributed by atoms with Gasteiger partial charge in [-0.3, -0.25) is 10.1 Å². The van der Waals surface area contributed by atoms with Crippen molar-refractivity contribution in [2.24, 2.45) is 5.73 Å². The van der Waals surface area contributed by atoms with Gasteiger partial charge in [0.1, 0.15) is 5.15 Å². The van der Waals surface area contributed by atoms with Crippen LogP contribution in [-0.2, 0) is 4.79 Å². The lowest BCUT2D eigenvalue weighted by Gasteiger charge is -2.08. The van der Waals surface area contributed by atoms with Gasteiger partial charge in [-0.05, 0) is 19.4 Å². The second kappa shape index (κ2) is 5.04. The van der Waals surface area contributed by atoms with Gasteiger partial charge in [0, 0.05) is 5.69 Å². The molecule has 1 heterocycles. The average molecular weight is 229 g/mol. The van der Waals surface area contributed by atoms with Crippen molar-refractivity contribution in [1.82, 2.24) is 9.97 Å². The molecule has 0 aliphatic carbocycles. The maximum absolute atomic E-state index is 11.4. The number of halogens is 1. The van der Waals surface area contributed by atoms with Crippen molar-refractivity contribution in [2.45, 2.75) is 26.3 Å².